The number of aliphatic hydroxyl groups is 1. The van der Waals surface area contributed by atoms with Crippen LogP contribution in [0.5, 0.6) is 0 Å². The summed E-state index contributed by atoms with van der Waals surface area (Å²) in [6.45, 7) is 3.85. The van der Waals surface area contributed by atoms with Crippen molar-refractivity contribution in [3.05, 3.63) is 24.3 Å². The first-order valence-electron chi connectivity index (χ1n) is 7.22. The van der Waals surface area contributed by atoms with Crippen LogP contribution in [0.2, 0.25) is 0 Å². The van der Waals surface area contributed by atoms with Gasteiger partial charge in [-0.25, -0.2) is 0 Å². The molecule has 0 amide bonds. The SMILES string of the molecule is C=C[C@H]1[C@@H]2CC(CCCCC(=O)OC)=C[C@@H]2C[C@@H]1O. The molecule has 106 valence electrons. The molecule has 2 rings (SSSR count). The number of unbranched alkanes of at least 4 members (excludes halogenated alkanes) is 1. The van der Waals surface area contributed by atoms with Crippen LogP contribution in [0.1, 0.15) is 38.5 Å². The van der Waals surface area contributed by atoms with Gasteiger partial charge < -0.3 is 9.84 Å². The zero-order valence-corrected chi connectivity index (χ0v) is 11.7. The number of fused-ring (bicyclic) bond motifs is 1. The summed E-state index contributed by atoms with van der Waals surface area (Å²) in [6.07, 6.45) is 9.58. The molecule has 0 aromatic rings. The fourth-order valence-electron chi connectivity index (χ4n) is 3.57. The highest BCUT2D eigenvalue weighted by molar-refractivity contribution is 5.68. The summed E-state index contributed by atoms with van der Waals surface area (Å²) in [7, 11) is 1.43. The summed E-state index contributed by atoms with van der Waals surface area (Å²) in [5.74, 6) is 1.23. The highest BCUT2D eigenvalue weighted by Crippen LogP contribution is 2.47. The molecular weight excluding hydrogens is 240 g/mol. The Morgan fingerprint density at radius 2 is 2.37 bits per heavy atom. The van der Waals surface area contributed by atoms with Crippen LogP contribution >= 0.6 is 0 Å². The molecule has 0 aliphatic heterocycles. The van der Waals surface area contributed by atoms with Gasteiger partial charge in [-0.05, 0) is 43.9 Å². The molecule has 1 saturated carbocycles. The third-order valence-corrected chi connectivity index (χ3v) is 4.58. The lowest BCUT2D eigenvalue weighted by atomic mass is 9.89. The van der Waals surface area contributed by atoms with Crippen molar-refractivity contribution < 1.29 is 14.6 Å². The van der Waals surface area contributed by atoms with E-state index in [1.54, 1.807) is 0 Å². The first-order chi connectivity index (χ1) is 9.15. The molecule has 3 heteroatoms. The summed E-state index contributed by atoms with van der Waals surface area (Å²) in [6, 6.07) is 0. The summed E-state index contributed by atoms with van der Waals surface area (Å²) in [5.41, 5.74) is 1.50. The molecule has 2 aliphatic rings. The van der Waals surface area contributed by atoms with Crippen molar-refractivity contribution in [2.45, 2.75) is 44.6 Å². The van der Waals surface area contributed by atoms with Crippen molar-refractivity contribution in [1.82, 2.24) is 0 Å². The molecule has 4 atom stereocenters. The van der Waals surface area contributed by atoms with E-state index in [0.29, 0.717) is 18.3 Å². The quantitative estimate of drug-likeness (QED) is 0.456. The van der Waals surface area contributed by atoms with Gasteiger partial charge in [0.25, 0.3) is 0 Å². The van der Waals surface area contributed by atoms with Crippen molar-refractivity contribution in [2.24, 2.45) is 17.8 Å². The Kier molecular flexibility index (Phi) is 4.81. The Balaban J connectivity index is 1.74. The van der Waals surface area contributed by atoms with E-state index < -0.39 is 0 Å². The second kappa shape index (κ2) is 6.38. The average Bonchev–Trinajstić information content (AvgIpc) is 2.90. The predicted molar refractivity (Wildman–Crippen MR) is 74.5 cm³/mol. The van der Waals surface area contributed by atoms with Gasteiger partial charge in [-0.2, -0.15) is 0 Å². The second-order valence-electron chi connectivity index (χ2n) is 5.76. The Morgan fingerprint density at radius 1 is 1.58 bits per heavy atom. The molecule has 0 saturated heterocycles. The highest BCUT2D eigenvalue weighted by atomic mass is 16.5. The standard InChI is InChI=1S/C16H24O3/c1-3-13-14-9-11(8-12(14)10-15(13)17)6-4-5-7-16(18)19-2/h3,8,12-15,17H,1,4-7,9-10H2,2H3/t12-,13+,14-,15+/m1/s1. The van der Waals surface area contributed by atoms with E-state index >= 15 is 0 Å². The zero-order valence-electron chi connectivity index (χ0n) is 11.7. The molecule has 0 heterocycles. The first-order valence-corrected chi connectivity index (χ1v) is 7.22. The number of methoxy groups -OCH3 is 1. The first kappa shape index (κ1) is 14.3. The molecule has 1 fully saturated rings. The molecular formula is C16H24O3. The van der Waals surface area contributed by atoms with Crippen LogP contribution in [0.4, 0.5) is 0 Å². The van der Waals surface area contributed by atoms with Gasteiger partial charge in [-0.15, -0.1) is 6.58 Å². The van der Waals surface area contributed by atoms with Gasteiger partial charge >= 0.3 is 5.97 Å². The minimum absolute atomic E-state index is 0.118. The molecule has 2 aliphatic carbocycles. The fourth-order valence-corrected chi connectivity index (χ4v) is 3.57. The fraction of sp³-hybridized carbons (Fsp3) is 0.688. The van der Waals surface area contributed by atoms with Crippen LogP contribution in [0.15, 0.2) is 24.3 Å². The van der Waals surface area contributed by atoms with Crippen LogP contribution in [0, 0.1) is 17.8 Å². The van der Waals surface area contributed by atoms with Gasteiger partial charge in [0.2, 0.25) is 0 Å². The maximum atomic E-state index is 11.0. The number of hydrogen-bond acceptors (Lipinski definition) is 3. The Morgan fingerprint density at radius 3 is 3.05 bits per heavy atom. The van der Waals surface area contributed by atoms with Crippen LogP contribution < -0.4 is 0 Å². The topological polar surface area (TPSA) is 46.5 Å². The van der Waals surface area contributed by atoms with E-state index in [0.717, 1.165) is 32.1 Å². The van der Waals surface area contributed by atoms with Crippen molar-refractivity contribution in [2.75, 3.05) is 7.11 Å². The van der Waals surface area contributed by atoms with Crippen LogP contribution in [-0.4, -0.2) is 24.3 Å². The molecule has 1 N–H and O–H groups in total. The predicted octanol–water partition coefficient (Wildman–Crippen LogP) is 2.85. The summed E-state index contributed by atoms with van der Waals surface area (Å²) in [4.78, 5) is 11.0. The van der Waals surface area contributed by atoms with E-state index in [1.165, 1.54) is 12.7 Å². The van der Waals surface area contributed by atoms with Crippen molar-refractivity contribution >= 4 is 5.97 Å². The monoisotopic (exact) mass is 264 g/mol. The normalized spacial score (nSPS) is 32.8. The Bertz CT molecular complexity index is 372. The summed E-state index contributed by atoms with van der Waals surface area (Å²) >= 11 is 0. The lowest BCUT2D eigenvalue weighted by Crippen LogP contribution is -2.16. The number of hydrogen-bond donors (Lipinski definition) is 1. The van der Waals surface area contributed by atoms with Gasteiger partial charge in [0, 0.05) is 12.3 Å². The van der Waals surface area contributed by atoms with Crippen molar-refractivity contribution in [3.8, 4) is 0 Å². The average molecular weight is 264 g/mol. The number of carbonyl (C=O) groups is 1. The highest BCUT2D eigenvalue weighted by Gasteiger charge is 2.42. The molecule has 0 aromatic carbocycles. The number of aliphatic hydroxyl groups excluding tert-OH is 1. The third-order valence-electron chi connectivity index (χ3n) is 4.58. The van der Waals surface area contributed by atoms with Gasteiger partial charge in [0.05, 0.1) is 13.2 Å². The van der Waals surface area contributed by atoms with E-state index in [2.05, 4.69) is 17.4 Å². The minimum Gasteiger partial charge on any atom is -0.469 e. The van der Waals surface area contributed by atoms with Gasteiger partial charge in [0.15, 0.2) is 0 Å². The van der Waals surface area contributed by atoms with E-state index in [4.69, 9.17) is 0 Å². The number of carbonyl (C=O) groups excluding carboxylic acids is 1. The van der Waals surface area contributed by atoms with E-state index in [-0.39, 0.29) is 18.0 Å². The molecule has 0 spiro atoms. The molecule has 19 heavy (non-hydrogen) atoms. The van der Waals surface area contributed by atoms with Gasteiger partial charge in [0.1, 0.15) is 0 Å². The number of rotatable bonds is 6. The molecule has 3 nitrogen and oxygen atoms in total. The van der Waals surface area contributed by atoms with E-state index in [1.807, 2.05) is 6.08 Å². The molecule has 0 bridgehead atoms. The van der Waals surface area contributed by atoms with Gasteiger partial charge in [-0.1, -0.05) is 17.7 Å². The molecule has 0 radical (unpaired) electrons. The Labute approximate surface area is 115 Å². The Hall–Kier alpha value is -1.09. The van der Waals surface area contributed by atoms with E-state index in [9.17, 15) is 9.90 Å². The third kappa shape index (κ3) is 3.27. The van der Waals surface area contributed by atoms with Crippen LogP contribution in [-0.2, 0) is 9.53 Å². The lowest BCUT2D eigenvalue weighted by molar-refractivity contribution is -0.140. The minimum atomic E-state index is -0.204. The largest absolute Gasteiger partial charge is 0.469 e. The lowest BCUT2D eigenvalue weighted by Gasteiger charge is -2.17. The number of esters is 1. The van der Waals surface area contributed by atoms with Crippen LogP contribution in [0.3, 0.4) is 0 Å². The van der Waals surface area contributed by atoms with Crippen molar-refractivity contribution in [1.29, 1.82) is 0 Å². The summed E-state index contributed by atoms with van der Waals surface area (Å²) < 4.78 is 4.63. The smallest absolute Gasteiger partial charge is 0.305 e. The van der Waals surface area contributed by atoms with Gasteiger partial charge in [-0.3, -0.25) is 4.79 Å². The molecule has 0 aromatic heterocycles. The van der Waals surface area contributed by atoms with Crippen LogP contribution in [0.25, 0.3) is 0 Å². The maximum Gasteiger partial charge on any atom is 0.305 e. The summed E-state index contributed by atoms with van der Waals surface area (Å²) in [5, 5.41) is 9.93. The zero-order chi connectivity index (χ0) is 13.8. The number of ether oxygens (including phenoxy) is 1. The molecule has 0 unspecified atom stereocenters. The maximum absolute atomic E-state index is 11.0. The second-order valence-corrected chi connectivity index (χ2v) is 5.76. The number of allylic oxidation sites excluding steroid dienone is 2. The van der Waals surface area contributed by atoms with Crippen molar-refractivity contribution in [3.63, 3.8) is 0 Å².